The van der Waals surface area contributed by atoms with Crippen molar-refractivity contribution in [2.45, 2.75) is 12.5 Å². The molecule has 0 bridgehead atoms. The van der Waals surface area contributed by atoms with Crippen LogP contribution in [0.4, 0.5) is 0 Å². The summed E-state index contributed by atoms with van der Waals surface area (Å²) in [5.41, 5.74) is 0. The van der Waals surface area contributed by atoms with Crippen molar-refractivity contribution in [3.05, 3.63) is 77.0 Å². The lowest BCUT2D eigenvalue weighted by Crippen LogP contribution is -2.15. The first-order chi connectivity index (χ1) is 14.0. The lowest BCUT2D eigenvalue weighted by Gasteiger charge is -2.19. The molecule has 0 amide bonds. The Morgan fingerprint density at radius 2 is 1.72 bits per heavy atom. The van der Waals surface area contributed by atoms with Crippen molar-refractivity contribution in [2.24, 2.45) is 0 Å². The number of hydrogen-bond donors (Lipinski definition) is 3. The Bertz CT molecular complexity index is 932. The third-order valence-corrected chi connectivity index (χ3v) is 4.87. The second-order valence-electron chi connectivity index (χ2n) is 6.00. The Morgan fingerprint density at radius 1 is 1.03 bits per heavy atom. The molecular formula is C22H23NO5S. The summed E-state index contributed by atoms with van der Waals surface area (Å²) in [6.07, 6.45) is 2.17. The van der Waals surface area contributed by atoms with Gasteiger partial charge in [0, 0.05) is 28.8 Å². The zero-order valence-corrected chi connectivity index (χ0v) is 16.8. The maximum Gasteiger partial charge on any atom is 0.328 e. The van der Waals surface area contributed by atoms with Crippen molar-refractivity contribution in [3.8, 4) is 5.75 Å². The van der Waals surface area contributed by atoms with Crippen molar-refractivity contribution < 1.29 is 24.5 Å². The van der Waals surface area contributed by atoms with E-state index in [1.165, 1.54) is 15.6 Å². The Hall–Kier alpha value is -3.16. The number of thiophene rings is 1. The van der Waals surface area contributed by atoms with E-state index in [-0.39, 0.29) is 6.10 Å². The van der Waals surface area contributed by atoms with Gasteiger partial charge >= 0.3 is 11.9 Å². The van der Waals surface area contributed by atoms with E-state index in [0.29, 0.717) is 12.2 Å². The molecule has 7 heteroatoms. The van der Waals surface area contributed by atoms with Crippen LogP contribution in [-0.4, -0.2) is 35.7 Å². The summed E-state index contributed by atoms with van der Waals surface area (Å²) < 4.78 is 6.34. The minimum atomic E-state index is -1.26. The molecular weight excluding hydrogens is 390 g/mol. The van der Waals surface area contributed by atoms with E-state index >= 15 is 0 Å². The second-order valence-corrected chi connectivity index (χ2v) is 6.98. The first-order valence-corrected chi connectivity index (χ1v) is 9.85. The largest absolute Gasteiger partial charge is 0.484 e. The molecule has 0 fully saturated rings. The molecule has 0 aliphatic rings. The number of fused-ring (bicyclic) bond motifs is 1. The highest BCUT2D eigenvalue weighted by atomic mass is 32.1. The molecule has 6 nitrogen and oxygen atoms in total. The summed E-state index contributed by atoms with van der Waals surface area (Å²) in [6.45, 7) is 0.938. The highest BCUT2D eigenvalue weighted by Crippen LogP contribution is 2.32. The zero-order valence-electron chi connectivity index (χ0n) is 15.9. The van der Waals surface area contributed by atoms with Crippen molar-refractivity contribution in [1.82, 2.24) is 5.32 Å². The number of rotatable bonds is 8. The summed E-state index contributed by atoms with van der Waals surface area (Å²) in [7, 11) is 1.98. The smallest absolute Gasteiger partial charge is 0.328 e. The highest BCUT2D eigenvalue weighted by Gasteiger charge is 2.15. The van der Waals surface area contributed by atoms with Gasteiger partial charge in [-0.25, -0.2) is 9.59 Å². The fourth-order valence-electron chi connectivity index (χ4n) is 2.60. The molecule has 29 heavy (non-hydrogen) atoms. The van der Waals surface area contributed by atoms with Crippen LogP contribution in [0.1, 0.15) is 17.4 Å². The summed E-state index contributed by atoms with van der Waals surface area (Å²) in [5.74, 6) is -1.55. The Labute approximate surface area is 173 Å². The first-order valence-electron chi connectivity index (χ1n) is 8.97. The molecule has 0 aliphatic carbocycles. The van der Waals surface area contributed by atoms with Crippen LogP contribution < -0.4 is 10.1 Å². The van der Waals surface area contributed by atoms with Gasteiger partial charge in [0.1, 0.15) is 11.9 Å². The van der Waals surface area contributed by atoms with Crippen LogP contribution in [0.5, 0.6) is 5.75 Å². The fourth-order valence-corrected chi connectivity index (χ4v) is 3.39. The number of aliphatic carboxylic acids is 2. The molecule has 1 aromatic heterocycles. The van der Waals surface area contributed by atoms with Crippen LogP contribution in [0.15, 0.2) is 72.1 Å². The standard InChI is InChI=1S/C18H19NOS.C4H4O4/c1-19-12-11-17(18-10-5-13-21-18)20-16-9-4-7-14-6-2-3-8-15(14)16;5-3(6)1-2-4(7)8/h2-10,13,17,19H,11-12H2,1H3;1-2H,(H,5,6)(H,7,8)/b;2-1-. The van der Waals surface area contributed by atoms with E-state index < -0.39 is 11.9 Å². The van der Waals surface area contributed by atoms with Crippen LogP contribution >= 0.6 is 11.3 Å². The lowest BCUT2D eigenvalue weighted by atomic mass is 10.1. The van der Waals surface area contributed by atoms with Crippen molar-refractivity contribution >= 4 is 34.0 Å². The number of carbonyl (C=O) groups is 2. The number of nitrogens with one attached hydrogen (secondary N) is 1. The van der Waals surface area contributed by atoms with Gasteiger partial charge in [-0.15, -0.1) is 11.3 Å². The molecule has 0 aliphatic heterocycles. The molecule has 2 aromatic carbocycles. The average Bonchev–Trinajstić information content (AvgIpc) is 3.25. The predicted molar refractivity (Wildman–Crippen MR) is 115 cm³/mol. The second kappa shape index (κ2) is 11.6. The minimum Gasteiger partial charge on any atom is -0.484 e. The third kappa shape index (κ3) is 7.40. The number of hydrogen-bond acceptors (Lipinski definition) is 5. The normalized spacial score (nSPS) is 11.6. The summed E-state index contributed by atoms with van der Waals surface area (Å²) in [5, 5.41) is 23.3. The number of carboxylic acids is 2. The molecule has 1 unspecified atom stereocenters. The third-order valence-electron chi connectivity index (χ3n) is 3.90. The van der Waals surface area contributed by atoms with Gasteiger partial charge in [0.25, 0.3) is 0 Å². The Kier molecular flexibility index (Phi) is 8.88. The molecule has 0 saturated heterocycles. The van der Waals surface area contributed by atoms with Gasteiger partial charge in [0.05, 0.1) is 0 Å². The maximum atomic E-state index is 9.55. The van der Waals surface area contributed by atoms with Gasteiger partial charge < -0.3 is 20.3 Å². The zero-order chi connectivity index (χ0) is 21.1. The molecule has 1 atom stereocenters. The Morgan fingerprint density at radius 3 is 2.34 bits per heavy atom. The number of carboxylic acid groups (broad SMARTS) is 2. The van der Waals surface area contributed by atoms with Crippen molar-refractivity contribution in [3.63, 3.8) is 0 Å². The topological polar surface area (TPSA) is 95.9 Å². The van der Waals surface area contributed by atoms with E-state index in [1.807, 2.05) is 7.05 Å². The molecule has 152 valence electrons. The summed E-state index contributed by atoms with van der Waals surface area (Å²) in [4.78, 5) is 20.4. The highest BCUT2D eigenvalue weighted by molar-refractivity contribution is 7.10. The van der Waals surface area contributed by atoms with Crippen LogP contribution in [-0.2, 0) is 9.59 Å². The monoisotopic (exact) mass is 413 g/mol. The van der Waals surface area contributed by atoms with Crippen LogP contribution in [0.2, 0.25) is 0 Å². The Balaban J connectivity index is 0.000000321. The van der Waals surface area contributed by atoms with Gasteiger partial charge in [0.15, 0.2) is 0 Å². The number of benzene rings is 2. The summed E-state index contributed by atoms with van der Waals surface area (Å²) >= 11 is 1.75. The quantitative estimate of drug-likeness (QED) is 0.476. The molecule has 1 heterocycles. The van der Waals surface area contributed by atoms with Gasteiger partial charge in [-0.3, -0.25) is 0 Å². The predicted octanol–water partition coefficient (Wildman–Crippen LogP) is 4.34. The van der Waals surface area contributed by atoms with Gasteiger partial charge in [-0.1, -0.05) is 42.5 Å². The van der Waals surface area contributed by atoms with Crippen molar-refractivity contribution in [1.29, 1.82) is 0 Å². The van der Waals surface area contributed by atoms with Crippen LogP contribution in [0, 0.1) is 0 Å². The van der Waals surface area contributed by atoms with Gasteiger partial charge in [0.2, 0.25) is 0 Å². The molecule has 0 saturated carbocycles. The van der Waals surface area contributed by atoms with Gasteiger partial charge in [-0.05, 0) is 36.5 Å². The van der Waals surface area contributed by atoms with Gasteiger partial charge in [-0.2, -0.15) is 0 Å². The molecule has 3 N–H and O–H groups in total. The minimum absolute atomic E-state index is 0.100. The summed E-state index contributed by atoms with van der Waals surface area (Å²) in [6, 6.07) is 18.8. The van der Waals surface area contributed by atoms with Crippen LogP contribution in [0.3, 0.4) is 0 Å². The van der Waals surface area contributed by atoms with E-state index in [2.05, 4.69) is 65.3 Å². The van der Waals surface area contributed by atoms with E-state index in [9.17, 15) is 9.59 Å². The van der Waals surface area contributed by atoms with Crippen LogP contribution in [0.25, 0.3) is 10.8 Å². The maximum absolute atomic E-state index is 9.55. The molecule has 0 radical (unpaired) electrons. The van der Waals surface area contributed by atoms with E-state index in [0.717, 1.165) is 18.7 Å². The van der Waals surface area contributed by atoms with E-state index in [4.69, 9.17) is 14.9 Å². The average molecular weight is 413 g/mol. The number of ether oxygens (including phenoxy) is 1. The van der Waals surface area contributed by atoms with E-state index in [1.54, 1.807) is 11.3 Å². The molecule has 0 spiro atoms. The first kappa shape index (κ1) is 22.1. The SMILES string of the molecule is CNCCC(Oc1cccc2ccccc12)c1cccs1.O=C(O)/C=C\C(=O)O. The molecule has 3 aromatic rings. The van der Waals surface area contributed by atoms with Crippen molar-refractivity contribution in [2.75, 3.05) is 13.6 Å². The lowest BCUT2D eigenvalue weighted by molar-refractivity contribution is -0.134. The fraction of sp³-hybridized carbons (Fsp3) is 0.182. The molecule has 3 rings (SSSR count).